The van der Waals surface area contributed by atoms with Crippen LogP contribution in [0.25, 0.3) is 0 Å². The molecule has 10 nitrogen and oxygen atoms in total. The van der Waals surface area contributed by atoms with E-state index < -0.39 is 30.0 Å². The lowest BCUT2D eigenvalue weighted by molar-refractivity contribution is -0.142. The summed E-state index contributed by atoms with van der Waals surface area (Å²) >= 11 is 7.73. The van der Waals surface area contributed by atoms with Crippen LogP contribution in [0.5, 0.6) is 5.75 Å². The highest BCUT2D eigenvalue weighted by molar-refractivity contribution is 7.98. The molecule has 0 aliphatic rings. The first-order valence-electron chi connectivity index (χ1n) is 13.7. The van der Waals surface area contributed by atoms with E-state index in [9.17, 15) is 19.5 Å². The van der Waals surface area contributed by atoms with Crippen LogP contribution < -0.4 is 20.7 Å². The molecule has 240 valence electrons. The van der Waals surface area contributed by atoms with Gasteiger partial charge in [0.05, 0.1) is 19.3 Å². The fraction of sp³-hybridized carbons (Fsp3) is 0.500. The molecule has 0 heterocycles. The third-order valence-electron chi connectivity index (χ3n) is 6.35. The first-order valence-corrected chi connectivity index (χ1v) is 15.5. The van der Waals surface area contributed by atoms with Gasteiger partial charge in [-0.25, -0.2) is 4.79 Å². The predicted octanol–water partition coefficient (Wildman–Crippen LogP) is 3.93. The number of rotatable bonds is 20. The van der Waals surface area contributed by atoms with Gasteiger partial charge in [-0.3, -0.25) is 9.59 Å². The number of amides is 2. The van der Waals surface area contributed by atoms with E-state index in [0.717, 1.165) is 11.1 Å². The van der Waals surface area contributed by atoms with Gasteiger partial charge in [0.25, 0.3) is 0 Å². The SMILES string of the molecule is COCCOCOc1ccc(Cl)cc1CN[C@H](C(=O)N[C@@H](Cc1ccccc1)C(=O)N[C@@H](CCSC)C(=O)O)C(C)C.Cl. The molecule has 0 saturated heterocycles. The molecule has 3 atom stereocenters. The van der Waals surface area contributed by atoms with Crippen molar-refractivity contribution in [2.24, 2.45) is 5.92 Å². The maximum absolute atomic E-state index is 13.6. The summed E-state index contributed by atoms with van der Waals surface area (Å²) in [5, 5.41) is 18.9. The van der Waals surface area contributed by atoms with Gasteiger partial charge in [0, 0.05) is 30.7 Å². The van der Waals surface area contributed by atoms with Crippen LogP contribution >= 0.6 is 35.8 Å². The van der Waals surface area contributed by atoms with Crippen LogP contribution in [0.15, 0.2) is 48.5 Å². The zero-order valence-corrected chi connectivity index (χ0v) is 27.4. The Balaban J connectivity index is 0.00000924. The number of halogens is 2. The van der Waals surface area contributed by atoms with Crippen LogP contribution in [-0.4, -0.2) is 80.1 Å². The minimum Gasteiger partial charge on any atom is -0.480 e. The zero-order valence-electron chi connectivity index (χ0n) is 25.0. The van der Waals surface area contributed by atoms with Crippen molar-refractivity contribution in [3.05, 3.63) is 64.7 Å². The summed E-state index contributed by atoms with van der Waals surface area (Å²) in [5.41, 5.74) is 1.56. The van der Waals surface area contributed by atoms with Crippen molar-refractivity contribution in [1.82, 2.24) is 16.0 Å². The zero-order chi connectivity index (χ0) is 30.9. The van der Waals surface area contributed by atoms with E-state index in [1.165, 1.54) is 11.8 Å². The Bertz CT molecular complexity index is 1130. The molecule has 0 bridgehead atoms. The van der Waals surface area contributed by atoms with Crippen molar-refractivity contribution < 1.29 is 33.7 Å². The third kappa shape index (κ3) is 14.2. The Morgan fingerprint density at radius 1 is 1.00 bits per heavy atom. The number of nitrogens with one attached hydrogen (secondary N) is 3. The number of carbonyl (C=O) groups is 3. The molecule has 0 aliphatic heterocycles. The number of methoxy groups -OCH3 is 1. The third-order valence-corrected chi connectivity index (χ3v) is 7.23. The van der Waals surface area contributed by atoms with Crippen LogP contribution in [-0.2, 0) is 36.8 Å². The van der Waals surface area contributed by atoms with Gasteiger partial charge < -0.3 is 35.3 Å². The van der Waals surface area contributed by atoms with Crippen LogP contribution in [0.2, 0.25) is 5.02 Å². The van der Waals surface area contributed by atoms with Crippen molar-refractivity contribution in [2.75, 3.05) is 39.1 Å². The highest BCUT2D eigenvalue weighted by Gasteiger charge is 2.30. The number of hydrogen-bond acceptors (Lipinski definition) is 8. The maximum atomic E-state index is 13.6. The number of carbonyl (C=O) groups excluding carboxylic acids is 2. The van der Waals surface area contributed by atoms with E-state index in [1.807, 2.05) is 50.4 Å². The van der Waals surface area contributed by atoms with Gasteiger partial charge in [0.15, 0.2) is 6.79 Å². The molecule has 4 N–H and O–H groups in total. The predicted molar refractivity (Wildman–Crippen MR) is 172 cm³/mol. The molecule has 0 saturated carbocycles. The number of ether oxygens (including phenoxy) is 3. The van der Waals surface area contributed by atoms with E-state index in [1.54, 1.807) is 25.3 Å². The first kappa shape index (κ1) is 38.5. The summed E-state index contributed by atoms with van der Waals surface area (Å²) < 4.78 is 16.1. The quantitative estimate of drug-likeness (QED) is 0.123. The molecule has 2 aromatic rings. The second-order valence-electron chi connectivity index (χ2n) is 9.95. The summed E-state index contributed by atoms with van der Waals surface area (Å²) in [4.78, 5) is 38.6. The van der Waals surface area contributed by atoms with Crippen molar-refractivity contribution in [3.63, 3.8) is 0 Å². The molecule has 0 radical (unpaired) electrons. The molecule has 2 rings (SSSR count). The standard InChI is InChI=1S/C30H42ClN3O7S.ClH/c1-20(2)27(32-18-22-17-23(31)10-11-26(22)41-19-40-14-13-39-3)29(36)34-25(16-21-8-6-5-7-9-21)28(35)33-24(30(37)38)12-15-42-4;/h5-11,17,20,24-25,27,32H,12-16,18-19H2,1-4H3,(H,33,35)(H,34,36)(H,37,38);1H/t24-,25-,27-;/m0./s1. The summed E-state index contributed by atoms with van der Waals surface area (Å²) in [7, 11) is 1.59. The molecule has 0 aromatic heterocycles. The average molecular weight is 661 g/mol. The van der Waals surface area contributed by atoms with E-state index in [4.69, 9.17) is 25.8 Å². The fourth-order valence-corrected chi connectivity index (χ4v) is 4.74. The Morgan fingerprint density at radius 3 is 2.33 bits per heavy atom. The minimum atomic E-state index is -1.12. The van der Waals surface area contributed by atoms with Gasteiger partial charge in [-0.05, 0) is 48.1 Å². The van der Waals surface area contributed by atoms with Gasteiger partial charge in [-0.15, -0.1) is 12.4 Å². The summed E-state index contributed by atoms with van der Waals surface area (Å²) in [6, 6.07) is 11.7. The first-order chi connectivity index (χ1) is 20.2. The minimum absolute atomic E-state index is 0. The fourth-order valence-electron chi connectivity index (χ4n) is 4.07. The second kappa shape index (κ2) is 21.2. The highest BCUT2D eigenvalue weighted by atomic mass is 35.5. The lowest BCUT2D eigenvalue weighted by Gasteiger charge is -2.26. The molecule has 0 unspecified atom stereocenters. The normalized spacial score (nSPS) is 13.0. The molecular formula is C30H43Cl2N3O7S. The lowest BCUT2D eigenvalue weighted by atomic mass is 10.0. The number of carboxylic acids is 1. The number of benzene rings is 2. The molecule has 0 aliphatic carbocycles. The van der Waals surface area contributed by atoms with Crippen molar-refractivity contribution in [3.8, 4) is 5.75 Å². The van der Waals surface area contributed by atoms with E-state index >= 15 is 0 Å². The highest BCUT2D eigenvalue weighted by Crippen LogP contribution is 2.23. The summed E-state index contributed by atoms with van der Waals surface area (Å²) in [6.07, 6.45) is 2.34. The van der Waals surface area contributed by atoms with Gasteiger partial charge in [-0.1, -0.05) is 55.8 Å². The van der Waals surface area contributed by atoms with Crippen LogP contribution in [0, 0.1) is 5.92 Å². The topological polar surface area (TPSA) is 135 Å². The Hall–Kier alpha value is -2.54. The summed E-state index contributed by atoms with van der Waals surface area (Å²) in [5.74, 6) is -1.07. The van der Waals surface area contributed by atoms with Crippen molar-refractivity contribution in [1.29, 1.82) is 0 Å². The molecule has 0 fully saturated rings. The Kier molecular flexibility index (Phi) is 19.0. The van der Waals surface area contributed by atoms with Gasteiger partial charge in [0.1, 0.15) is 17.8 Å². The largest absolute Gasteiger partial charge is 0.480 e. The maximum Gasteiger partial charge on any atom is 0.326 e. The van der Waals surface area contributed by atoms with E-state index in [-0.39, 0.29) is 50.4 Å². The van der Waals surface area contributed by atoms with Gasteiger partial charge in [0.2, 0.25) is 11.8 Å². The number of thioether (sulfide) groups is 1. The van der Waals surface area contributed by atoms with Crippen LogP contribution in [0.3, 0.4) is 0 Å². The van der Waals surface area contributed by atoms with Gasteiger partial charge in [-0.2, -0.15) is 11.8 Å². The molecule has 43 heavy (non-hydrogen) atoms. The average Bonchev–Trinajstić information content (AvgIpc) is 2.96. The second-order valence-corrected chi connectivity index (χ2v) is 11.4. The molecule has 2 amide bonds. The Morgan fingerprint density at radius 2 is 1.70 bits per heavy atom. The monoisotopic (exact) mass is 659 g/mol. The van der Waals surface area contributed by atoms with Gasteiger partial charge >= 0.3 is 5.97 Å². The van der Waals surface area contributed by atoms with Crippen LogP contribution in [0.1, 0.15) is 31.4 Å². The van der Waals surface area contributed by atoms with Crippen LogP contribution in [0.4, 0.5) is 0 Å². The van der Waals surface area contributed by atoms with Crippen molar-refractivity contribution >= 4 is 53.6 Å². The van der Waals surface area contributed by atoms with Crippen molar-refractivity contribution in [2.45, 2.75) is 51.4 Å². The molecule has 2 aromatic carbocycles. The van der Waals surface area contributed by atoms with E-state index in [2.05, 4.69) is 16.0 Å². The Labute approximate surface area is 269 Å². The summed E-state index contributed by atoms with van der Waals surface area (Å²) in [6.45, 7) is 4.90. The number of aliphatic carboxylic acids is 1. The molecular weight excluding hydrogens is 617 g/mol. The number of carboxylic acid groups (broad SMARTS) is 1. The van der Waals surface area contributed by atoms with E-state index in [0.29, 0.717) is 29.7 Å². The molecule has 0 spiro atoms. The number of hydrogen-bond donors (Lipinski definition) is 4. The molecule has 13 heteroatoms. The lowest BCUT2D eigenvalue weighted by Crippen LogP contribution is -2.56. The smallest absolute Gasteiger partial charge is 0.326 e.